The second-order valence-electron chi connectivity index (χ2n) is 7.20. The van der Waals surface area contributed by atoms with E-state index in [2.05, 4.69) is 52.7 Å². The molecule has 0 amide bonds. The molecule has 0 saturated carbocycles. The first-order chi connectivity index (χ1) is 10.1. The van der Waals surface area contributed by atoms with E-state index in [0.717, 1.165) is 42.8 Å². The van der Waals surface area contributed by atoms with Crippen molar-refractivity contribution >= 4 is 25.8 Å². The molecule has 0 atom stereocenters. The lowest BCUT2D eigenvalue weighted by Crippen LogP contribution is -2.39. The first kappa shape index (κ1) is 17.9. The van der Waals surface area contributed by atoms with Crippen LogP contribution < -0.4 is 0 Å². The van der Waals surface area contributed by atoms with E-state index in [-0.39, 0.29) is 10.7 Å². The van der Waals surface area contributed by atoms with Gasteiger partial charge in [-0.3, -0.25) is 4.90 Å². The van der Waals surface area contributed by atoms with Crippen molar-refractivity contribution in [2.24, 2.45) is 0 Å². The van der Waals surface area contributed by atoms with Crippen LogP contribution in [0.3, 0.4) is 0 Å². The van der Waals surface area contributed by atoms with Crippen LogP contribution in [0.15, 0.2) is 16.7 Å². The molecule has 0 unspecified atom stereocenters. The summed E-state index contributed by atoms with van der Waals surface area (Å²) in [7, 11) is -2.90. The molecule has 0 spiro atoms. The van der Waals surface area contributed by atoms with Crippen LogP contribution in [-0.2, 0) is 21.8 Å². The minimum absolute atomic E-state index is 0.00973. The lowest BCUT2D eigenvalue weighted by atomic mass is 9.88. The summed E-state index contributed by atoms with van der Waals surface area (Å²) in [6, 6.07) is 4.11. The Morgan fingerprint density at radius 2 is 1.86 bits per heavy atom. The normalized spacial score (nSPS) is 18.6. The minimum atomic E-state index is -2.90. The predicted octanol–water partition coefficient (Wildman–Crippen LogP) is 3.15. The molecule has 0 bridgehead atoms. The van der Waals surface area contributed by atoms with Gasteiger partial charge in [0, 0.05) is 18.2 Å². The van der Waals surface area contributed by atoms with Crippen molar-refractivity contribution in [2.75, 3.05) is 19.3 Å². The van der Waals surface area contributed by atoms with Gasteiger partial charge >= 0.3 is 0 Å². The molecule has 1 saturated heterocycles. The molecular formula is C16H25BrN2O2S. The number of sulfone groups is 1. The Bertz CT molecular complexity index is 630. The summed E-state index contributed by atoms with van der Waals surface area (Å²) in [5.74, 6) is 0. The van der Waals surface area contributed by atoms with Crippen molar-refractivity contribution in [1.29, 1.82) is 0 Å². The first-order valence-electron chi connectivity index (χ1n) is 7.64. The summed E-state index contributed by atoms with van der Waals surface area (Å²) in [6.07, 6.45) is 2.81. The summed E-state index contributed by atoms with van der Waals surface area (Å²) < 4.78 is 24.1. The van der Waals surface area contributed by atoms with Gasteiger partial charge in [-0.2, -0.15) is 0 Å². The highest BCUT2D eigenvalue weighted by atomic mass is 79.9. The Hall–Kier alpha value is -0.460. The van der Waals surface area contributed by atoms with E-state index in [4.69, 9.17) is 0 Å². The van der Waals surface area contributed by atoms with Gasteiger partial charge in [-0.05, 0) is 53.5 Å². The Morgan fingerprint density at radius 3 is 2.36 bits per heavy atom. The second kappa shape index (κ2) is 6.57. The highest BCUT2D eigenvalue weighted by Crippen LogP contribution is 2.28. The molecular weight excluding hydrogens is 364 g/mol. The van der Waals surface area contributed by atoms with E-state index in [1.54, 1.807) is 0 Å². The number of hydrogen-bond donors (Lipinski definition) is 0. The Balaban J connectivity index is 2.10. The number of nitrogens with zero attached hydrogens (tertiary/aromatic N) is 2. The fourth-order valence-corrected chi connectivity index (χ4v) is 4.35. The van der Waals surface area contributed by atoms with Crippen LogP contribution >= 0.6 is 15.9 Å². The molecule has 1 aromatic heterocycles. The zero-order chi connectivity index (χ0) is 16.5. The number of pyridine rings is 1. The molecule has 0 N–H and O–H groups in total. The highest BCUT2D eigenvalue weighted by Gasteiger charge is 2.28. The molecule has 1 fully saturated rings. The van der Waals surface area contributed by atoms with Gasteiger partial charge in [0.1, 0.15) is 14.4 Å². The molecule has 1 aliphatic heterocycles. The molecule has 4 nitrogen and oxygen atoms in total. The van der Waals surface area contributed by atoms with Crippen LogP contribution in [0.25, 0.3) is 0 Å². The van der Waals surface area contributed by atoms with Crippen LogP contribution in [0.1, 0.15) is 44.9 Å². The maximum atomic E-state index is 11.6. The van der Waals surface area contributed by atoms with Gasteiger partial charge in [0.15, 0.2) is 0 Å². The van der Waals surface area contributed by atoms with E-state index >= 15 is 0 Å². The van der Waals surface area contributed by atoms with Gasteiger partial charge in [0.25, 0.3) is 0 Å². The third-order valence-corrected chi connectivity index (χ3v) is 6.31. The van der Waals surface area contributed by atoms with Gasteiger partial charge in [0.2, 0.25) is 0 Å². The highest BCUT2D eigenvalue weighted by molar-refractivity contribution is 9.10. The Kier molecular flexibility index (Phi) is 5.34. The zero-order valence-electron chi connectivity index (χ0n) is 13.8. The molecule has 2 rings (SSSR count). The van der Waals surface area contributed by atoms with E-state index < -0.39 is 9.84 Å². The van der Waals surface area contributed by atoms with Crippen molar-refractivity contribution in [3.05, 3.63) is 28.0 Å². The fraction of sp³-hybridized carbons (Fsp3) is 0.688. The van der Waals surface area contributed by atoms with Crippen molar-refractivity contribution in [3.8, 4) is 0 Å². The van der Waals surface area contributed by atoms with E-state index in [0.29, 0.717) is 0 Å². The number of piperidine rings is 1. The topological polar surface area (TPSA) is 50.3 Å². The first-order valence-corrected chi connectivity index (χ1v) is 10.4. The lowest BCUT2D eigenvalue weighted by Gasteiger charge is -2.32. The van der Waals surface area contributed by atoms with Crippen LogP contribution in [-0.4, -0.2) is 42.9 Å². The van der Waals surface area contributed by atoms with Crippen molar-refractivity contribution in [3.63, 3.8) is 0 Å². The summed E-state index contributed by atoms with van der Waals surface area (Å²) in [5, 5.41) is -0.172. The predicted molar refractivity (Wildman–Crippen MR) is 93.8 cm³/mol. The maximum Gasteiger partial charge on any atom is 0.150 e. The maximum absolute atomic E-state index is 11.6. The van der Waals surface area contributed by atoms with Gasteiger partial charge in [-0.15, -0.1) is 0 Å². The number of halogens is 1. The van der Waals surface area contributed by atoms with Crippen LogP contribution in [0.2, 0.25) is 0 Å². The Labute approximate surface area is 142 Å². The zero-order valence-corrected chi connectivity index (χ0v) is 16.2. The van der Waals surface area contributed by atoms with Crippen LogP contribution in [0.4, 0.5) is 0 Å². The molecule has 2 heterocycles. The molecule has 0 aliphatic carbocycles. The fourth-order valence-electron chi connectivity index (χ4n) is 2.98. The van der Waals surface area contributed by atoms with Crippen molar-refractivity contribution in [2.45, 2.75) is 50.8 Å². The van der Waals surface area contributed by atoms with Crippen molar-refractivity contribution < 1.29 is 8.42 Å². The summed E-state index contributed by atoms with van der Waals surface area (Å²) in [5.41, 5.74) is 2.32. The van der Waals surface area contributed by atoms with Gasteiger partial charge in [-0.25, -0.2) is 13.4 Å². The summed E-state index contributed by atoms with van der Waals surface area (Å²) >= 11 is 3.45. The van der Waals surface area contributed by atoms with E-state index in [1.165, 1.54) is 11.8 Å². The number of likely N-dealkylation sites (tertiary alicyclic amines) is 1. The molecule has 22 heavy (non-hydrogen) atoms. The number of rotatable bonds is 3. The standard InChI is InChI=1S/C16H25BrN2O2S/c1-16(2,3)15-12(5-6-14(17)18-15)11-19-9-7-13(8-10-19)22(4,20)21/h5-6,13H,7-11H2,1-4H3. The summed E-state index contributed by atoms with van der Waals surface area (Å²) in [4.78, 5) is 6.99. The molecule has 6 heteroatoms. The van der Waals surface area contributed by atoms with E-state index in [9.17, 15) is 8.42 Å². The molecule has 0 radical (unpaired) electrons. The van der Waals surface area contributed by atoms with Crippen LogP contribution in [0, 0.1) is 0 Å². The van der Waals surface area contributed by atoms with Crippen molar-refractivity contribution in [1.82, 2.24) is 9.88 Å². The van der Waals surface area contributed by atoms with Gasteiger partial charge < -0.3 is 0 Å². The summed E-state index contributed by atoms with van der Waals surface area (Å²) in [6.45, 7) is 9.00. The number of aromatic nitrogens is 1. The average Bonchev–Trinajstić information content (AvgIpc) is 2.39. The monoisotopic (exact) mass is 388 g/mol. The molecule has 124 valence electrons. The van der Waals surface area contributed by atoms with Gasteiger partial charge in [-0.1, -0.05) is 26.8 Å². The molecule has 1 aromatic rings. The van der Waals surface area contributed by atoms with Crippen LogP contribution in [0.5, 0.6) is 0 Å². The second-order valence-corrected chi connectivity index (χ2v) is 10.3. The van der Waals surface area contributed by atoms with E-state index in [1.807, 2.05) is 6.07 Å². The average molecular weight is 389 g/mol. The SMILES string of the molecule is CC(C)(C)c1nc(Br)ccc1CN1CCC(S(C)(=O)=O)CC1. The third-order valence-electron chi connectivity index (χ3n) is 4.19. The Morgan fingerprint density at radius 1 is 1.27 bits per heavy atom. The molecule has 0 aromatic carbocycles. The lowest BCUT2D eigenvalue weighted by molar-refractivity contribution is 0.220. The largest absolute Gasteiger partial charge is 0.299 e. The molecule has 1 aliphatic rings. The van der Waals surface area contributed by atoms with Gasteiger partial charge in [0.05, 0.1) is 10.9 Å². The smallest absolute Gasteiger partial charge is 0.150 e. The number of hydrogen-bond acceptors (Lipinski definition) is 4. The quantitative estimate of drug-likeness (QED) is 0.746. The minimum Gasteiger partial charge on any atom is -0.299 e. The third kappa shape index (κ3) is 4.52.